The Morgan fingerprint density at radius 2 is 0.875 bits per heavy atom. The third-order valence-electron chi connectivity index (χ3n) is 3.37. The zero-order valence-corrected chi connectivity index (χ0v) is 18.0. The van der Waals surface area contributed by atoms with Crippen LogP contribution < -0.4 is 0 Å². The Balaban J connectivity index is 3.18. The second kappa shape index (κ2) is 22.0. The number of esters is 1. The predicted molar refractivity (Wildman–Crippen MR) is 105 cm³/mol. The zero-order chi connectivity index (χ0) is 23.9. The van der Waals surface area contributed by atoms with Gasteiger partial charge in [-0.05, 0) is 0 Å². The van der Waals surface area contributed by atoms with Gasteiger partial charge in [-0.25, -0.2) is 9.59 Å². The first-order chi connectivity index (χ1) is 15.4. The smallest absolute Gasteiger partial charge is 0.372 e. The average Bonchev–Trinajstić information content (AvgIpc) is 2.75. The van der Waals surface area contributed by atoms with Gasteiger partial charge in [0.05, 0.1) is 79.1 Å². The highest BCUT2D eigenvalue weighted by molar-refractivity contribution is 6.32. The molecule has 186 valence electrons. The Morgan fingerprint density at radius 1 is 0.500 bits per heavy atom. The minimum Gasteiger partial charge on any atom is -0.480 e. The van der Waals surface area contributed by atoms with E-state index < -0.39 is 23.7 Å². The highest BCUT2D eigenvalue weighted by Crippen LogP contribution is 1.95. The largest absolute Gasteiger partial charge is 0.480 e. The van der Waals surface area contributed by atoms with Crippen LogP contribution in [0.5, 0.6) is 0 Å². The van der Waals surface area contributed by atoms with Gasteiger partial charge in [-0.15, -0.1) is 0 Å². The number of hydrogen-bond acceptors (Lipinski definition) is 11. The van der Waals surface area contributed by atoms with Crippen LogP contribution >= 0.6 is 0 Å². The number of hydrogen-bond donors (Lipinski definition) is 2. The van der Waals surface area contributed by atoms with Gasteiger partial charge in [0.25, 0.3) is 0 Å². The summed E-state index contributed by atoms with van der Waals surface area (Å²) < 4.78 is 35.9. The molecule has 13 nitrogen and oxygen atoms in total. The fraction of sp³-hybridized carbons (Fsp3) is 0.789. The SMILES string of the molecule is O=C(O)COCCOCCOCCOCCOCCOCCOC(=O)CCC(=O)C(=O)O. The van der Waals surface area contributed by atoms with E-state index in [2.05, 4.69) is 0 Å². The van der Waals surface area contributed by atoms with Gasteiger partial charge in [0.2, 0.25) is 5.78 Å². The Morgan fingerprint density at radius 3 is 1.25 bits per heavy atom. The van der Waals surface area contributed by atoms with Crippen LogP contribution in [-0.4, -0.2) is 120 Å². The van der Waals surface area contributed by atoms with Crippen molar-refractivity contribution in [2.24, 2.45) is 0 Å². The lowest BCUT2D eigenvalue weighted by Gasteiger charge is -2.08. The zero-order valence-electron chi connectivity index (χ0n) is 18.0. The van der Waals surface area contributed by atoms with E-state index in [1.54, 1.807) is 0 Å². The molecule has 0 radical (unpaired) electrons. The number of carbonyl (C=O) groups excluding carboxylic acids is 2. The minimum absolute atomic E-state index is 0.00669. The third-order valence-corrected chi connectivity index (χ3v) is 3.37. The second-order valence-corrected chi connectivity index (χ2v) is 5.96. The van der Waals surface area contributed by atoms with Crippen molar-refractivity contribution in [3.8, 4) is 0 Å². The molecule has 0 fully saturated rings. The molecule has 0 unspecified atom stereocenters. The molecule has 0 aliphatic heterocycles. The Kier molecular flexibility index (Phi) is 20.6. The van der Waals surface area contributed by atoms with Crippen LogP contribution in [-0.2, 0) is 52.3 Å². The summed E-state index contributed by atoms with van der Waals surface area (Å²) in [7, 11) is 0. The van der Waals surface area contributed by atoms with E-state index in [0.717, 1.165) is 0 Å². The van der Waals surface area contributed by atoms with Crippen LogP contribution in [0.4, 0.5) is 0 Å². The molecule has 2 N–H and O–H groups in total. The van der Waals surface area contributed by atoms with Crippen molar-refractivity contribution in [3.05, 3.63) is 0 Å². The molecule has 0 atom stereocenters. The molecule has 0 saturated carbocycles. The molecule has 0 saturated heterocycles. The standard InChI is InChI=1S/C19H32O13/c20-16(19(24)25)1-2-18(23)32-14-13-30-10-9-28-6-5-26-3-4-27-7-8-29-11-12-31-15-17(21)22/h1-15H2,(H,21,22)(H,24,25). The number of carbonyl (C=O) groups is 4. The fourth-order valence-corrected chi connectivity index (χ4v) is 1.87. The maximum absolute atomic E-state index is 11.3. The van der Waals surface area contributed by atoms with Gasteiger partial charge in [-0.3, -0.25) is 9.59 Å². The first-order valence-electron chi connectivity index (χ1n) is 10.0. The van der Waals surface area contributed by atoms with Crippen LogP contribution in [0.2, 0.25) is 0 Å². The van der Waals surface area contributed by atoms with Crippen molar-refractivity contribution in [3.63, 3.8) is 0 Å². The molecule has 0 aliphatic rings. The van der Waals surface area contributed by atoms with E-state index >= 15 is 0 Å². The van der Waals surface area contributed by atoms with Crippen molar-refractivity contribution >= 4 is 23.7 Å². The summed E-state index contributed by atoms with van der Waals surface area (Å²) in [6, 6.07) is 0. The Hall–Kier alpha value is -2.16. The number of Topliss-reactive ketones (excluding diaryl/α,β-unsaturated/α-hetero) is 1. The molecule has 0 aromatic carbocycles. The lowest BCUT2D eigenvalue weighted by molar-refractivity contribution is -0.151. The van der Waals surface area contributed by atoms with Gasteiger partial charge in [0.15, 0.2) is 0 Å². The average molecular weight is 468 g/mol. The molecular formula is C19H32O13. The topological polar surface area (TPSA) is 173 Å². The number of ketones is 1. The van der Waals surface area contributed by atoms with Crippen LogP contribution in [0.15, 0.2) is 0 Å². The summed E-state index contributed by atoms with van der Waals surface area (Å²) in [5.41, 5.74) is 0. The predicted octanol–water partition coefficient (Wildman–Crippen LogP) is -0.852. The van der Waals surface area contributed by atoms with Gasteiger partial charge < -0.3 is 43.4 Å². The van der Waals surface area contributed by atoms with Crippen molar-refractivity contribution in [1.82, 2.24) is 0 Å². The summed E-state index contributed by atoms with van der Waals surface area (Å²) in [5.74, 6) is -4.27. The quantitative estimate of drug-likeness (QED) is 0.102. The van der Waals surface area contributed by atoms with Gasteiger partial charge in [-0.2, -0.15) is 0 Å². The molecule has 13 heteroatoms. The molecule has 32 heavy (non-hydrogen) atoms. The lowest BCUT2D eigenvalue weighted by atomic mass is 10.2. The van der Waals surface area contributed by atoms with Crippen molar-refractivity contribution in [2.75, 3.05) is 85.9 Å². The van der Waals surface area contributed by atoms with Gasteiger partial charge >= 0.3 is 17.9 Å². The van der Waals surface area contributed by atoms with Crippen LogP contribution in [0.1, 0.15) is 12.8 Å². The summed E-state index contributed by atoms with van der Waals surface area (Å²) in [4.78, 5) is 42.6. The Bertz CT molecular complexity index is 523. The van der Waals surface area contributed by atoms with E-state index in [9.17, 15) is 19.2 Å². The van der Waals surface area contributed by atoms with E-state index in [1.807, 2.05) is 0 Å². The first-order valence-corrected chi connectivity index (χ1v) is 10.0. The maximum Gasteiger partial charge on any atom is 0.372 e. The van der Waals surface area contributed by atoms with E-state index in [0.29, 0.717) is 59.5 Å². The van der Waals surface area contributed by atoms with Crippen molar-refractivity contribution < 1.29 is 62.5 Å². The molecule has 0 aromatic heterocycles. The molecule has 0 bridgehead atoms. The van der Waals surface area contributed by atoms with E-state index in [-0.39, 0.29) is 39.3 Å². The normalized spacial score (nSPS) is 10.8. The minimum atomic E-state index is -1.57. The molecular weight excluding hydrogens is 436 g/mol. The van der Waals surface area contributed by atoms with Crippen molar-refractivity contribution in [2.45, 2.75) is 12.8 Å². The fourth-order valence-electron chi connectivity index (χ4n) is 1.87. The molecule has 0 aliphatic carbocycles. The monoisotopic (exact) mass is 468 g/mol. The number of rotatable bonds is 24. The summed E-state index contributed by atoms with van der Waals surface area (Å²) in [6.07, 6.45) is -0.669. The molecule has 0 rings (SSSR count). The molecule has 0 aromatic rings. The Labute approximate surface area is 185 Å². The third kappa shape index (κ3) is 22.5. The summed E-state index contributed by atoms with van der Waals surface area (Å²) in [6.45, 7) is 3.36. The van der Waals surface area contributed by atoms with Crippen LogP contribution in [0, 0.1) is 0 Å². The van der Waals surface area contributed by atoms with Crippen LogP contribution in [0.3, 0.4) is 0 Å². The maximum atomic E-state index is 11.3. The molecule has 0 heterocycles. The summed E-state index contributed by atoms with van der Waals surface area (Å²) >= 11 is 0. The van der Waals surface area contributed by atoms with Crippen LogP contribution in [0.25, 0.3) is 0 Å². The lowest BCUT2D eigenvalue weighted by Crippen LogP contribution is -2.17. The second-order valence-electron chi connectivity index (χ2n) is 5.96. The van der Waals surface area contributed by atoms with Crippen molar-refractivity contribution in [1.29, 1.82) is 0 Å². The number of aliphatic carboxylic acids is 2. The van der Waals surface area contributed by atoms with E-state index in [4.69, 9.17) is 43.4 Å². The number of carboxylic acids is 2. The first kappa shape index (κ1) is 29.8. The number of carboxylic acid groups (broad SMARTS) is 2. The van der Waals surface area contributed by atoms with E-state index in [1.165, 1.54) is 0 Å². The summed E-state index contributed by atoms with van der Waals surface area (Å²) in [5, 5.41) is 16.8. The highest BCUT2D eigenvalue weighted by atomic mass is 16.6. The molecule has 0 spiro atoms. The van der Waals surface area contributed by atoms with Gasteiger partial charge in [0, 0.05) is 6.42 Å². The highest BCUT2D eigenvalue weighted by Gasteiger charge is 2.14. The van der Waals surface area contributed by atoms with Gasteiger partial charge in [0.1, 0.15) is 13.2 Å². The van der Waals surface area contributed by atoms with Gasteiger partial charge in [-0.1, -0.05) is 0 Å². The molecule has 0 amide bonds. The number of ether oxygens (including phenoxy) is 7.